The van der Waals surface area contributed by atoms with E-state index in [4.69, 9.17) is 39.4 Å². The molecule has 1 aromatic carbocycles. The molecule has 20 heavy (non-hydrogen) atoms. The molecule has 0 aromatic heterocycles. The highest BCUT2D eigenvalue weighted by molar-refractivity contribution is 7.89. The number of benzene rings is 1. The number of anilines is 1. The van der Waals surface area contributed by atoms with Gasteiger partial charge in [-0.1, -0.05) is 23.2 Å². The minimum Gasteiger partial charge on any atom is -0.398 e. The van der Waals surface area contributed by atoms with Gasteiger partial charge in [0.05, 0.1) is 17.3 Å². The van der Waals surface area contributed by atoms with Crippen LogP contribution in [0.4, 0.5) is 5.69 Å². The van der Waals surface area contributed by atoms with E-state index in [0.29, 0.717) is 0 Å². The third kappa shape index (κ3) is 4.80. The first kappa shape index (κ1) is 17.0. The van der Waals surface area contributed by atoms with Gasteiger partial charge in [0, 0.05) is 11.6 Å². The van der Waals surface area contributed by atoms with Gasteiger partial charge in [0.1, 0.15) is 11.5 Å². The van der Waals surface area contributed by atoms with Crippen molar-refractivity contribution in [2.75, 3.05) is 25.5 Å². The molecule has 0 fully saturated rings. The van der Waals surface area contributed by atoms with Gasteiger partial charge in [-0.3, -0.25) is 4.79 Å². The number of hydrogen-bond acceptors (Lipinski definition) is 5. The average molecular weight is 342 g/mol. The summed E-state index contributed by atoms with van der Waals surface area (Å²) in [5, 5.41) is 0.150. The molecule has 5 N–H and O–H groups in total. The van der Waals surface area contributed by atoms with Crippen LogP contribution in [0, 0.1) is 0 Å². The lowest BCUT2D eigenvalue weighted by molar-refractivity contribution is -0.122. The summed E-state index contributed by atoms with van der Waals surface area (Å²) in [6.07, 6.45) is 0. The summed E-state index contributed by atoms with van der Waals surface area (Å²) in [7, 11) is -3.90. The number of sulfonamides is 1. The molecule has 10 heteroatoms. The normalized spacial score (nSPS) is 11.5. The molecule has 0 bridgehead atoms. The van der Waals surface area contributed by atoms with Gasteiger partial charge >= 0.3 is 0 Å². The molecular weight excluding hydrogens is 329 g/mol. The van der Waals surface area contributed by atoms with Crippen LogP contribution >= 0.6 is 23.2 Å². The molecule has 0 aliphatic rings. The van der Waals surface area contributed by atoms with Crippen LogP contribution in [0.1, 0.15) is 0 Å². The molecule has 0 aliphatic carbocycles. The van der Waals surface area contributed by atoms with Crippen LogP contribution in [0.3, 0.4) is 0 Å². The Labute approximate surface area is 126 Å². The van der Waals surface area contributed by atoms with E-state index in [1.807, 2.05) is 0 Å². The van der Waals surface area contributed by atoms with E-state index in [-0.39, 0.29) is 40.4 Å². The van der Waals surface area contributed by atoms with Crippen molar-refractivity contribution in [2.24, 2.45) is 5.73 Å². The maximum Gasteiger partial charge on any atom is 0.244 e. The van der Waals surface area contributed by atoms with Gasteiger partial charge in [0.2, 0.25) is 15.9 Å². The highest BCUT2D eigenvalue weighted by atomic mass is 35.5. The largest absolute Gasteiger partial charge is 0.398 e. The maximum absolute atomic E-state index is 12.0. The number of amides is 1. The van der Waals surface area contributed by atoms with Crippen molar-refractivity contribution >= 4 is 44.8 Å². The Morgan fingerprint density at radius 3 is 2.55 bits per heavy atom. The second-order valence-electron chi connectivity index (χ2n) is 3.72. The van der Waals surface area contributed by atoms with Crippen molar-refractivity contribution in [1.29, 1.82) is 0 Å². The quantitative estimate of drug-likeness (QED) is 0.487. The van der Waals surface area contributed by atoms with Gasteiger partial charge in [0.25, 0.3) is 0 Å². The second-order valence-corrected chi connectivity index (χ2v) is 6.27. The smallest absolute Gasteiger partial charge is 0.244 e. The topological polar surface area (TPSA) is 125 Å². The third-order valence-corrected chi connectivity index (χ3v) is 4.29. The van der Waals surface area contributed by atoms with Gasteiger partial charge < -0.3 is 16.2 Å². The van der Waals surface area contributed by atoms with E-state index in [1.165, 1.54) is 12.1 Å². The number of nitrogens with two attached hydrogens (primary N) is 2. The number of rotatable bonds is 7. The zero-order valence-electron chi connectivity index (χ0n) is 10.2. The second kappa shape index (κ2) is 7.09. The van der Waals surface area contributed by atoms with Gasteiger partial charge in [-0.15, -0.1) is 0 Å². The minimum absolute atomic E-state index is 0.0206. The van der Waals surface area contributed by atoms with Crippen LogP contribution < -0.4 is 16.2 Å². The summed E-state index contributed by atoms with van der Waals surface area (Å²) in [6.45, 7) is -0.368. The number of halogens is 2. The fraction of sp³-hybridized carbons (Fsp3) is 0.300. The Hall–Kier alpha value is -1.06. The van der Waals surface area contributed by atoms with E-state index >= 15 is 0 Å². The molecule has 0 radical (unpaired) electrons. The first-order valence-corrected chi connectivity index (χ1v) is 7.58. The number of nitrogen functional groups attached to an aromatic ring is 1. The molecule has 1 amide bonds. The Kier molecular flexibility index (Phi) is 6.03. The number of carbonyl (C=O) groups is 1. The van der Waals surface area contributed by atoms with Crippen LogP contribution in [0.2, 0.25) is 10.0 Å². The van der Waals surface area contributed by atoms with Crippen molar-refractivity contribution in [3.63, 3.8) is 0 Å². The molecule has 0 heterocycles. The molecule has 0 atom stereocenters. The van der Waals surface area contributed by atoms with Crippen molar-refractivity contribution in [1.82, 2.24) is 4.72 Å². The van der Waals surface area contributed by atoms with Crippen molar-refractivity contribution < 1.29 is 17.9 Å². The Morgan fingerprint density at radius 1 is 1.35 bits per heavy atom. The lowest BCUT2D eigenvalue weighted by atomic mass is 10.3. The van der Waals surface area contributed by atoms with Gasteiger partial charge in [0.15, 0.2) is 0 Å². The Bertz CT molecular complexity index is 584. The average Bonchev–Trinajstić information content (AvgIpc) is 2.25. The van der Waals surface area contributed by atoms with Crippen LogP contribution in [0.25, 0.3) is 0 Å². The summed E-state index contributed by atoms with van der Waals surface area (Å²) >= 11 is 11.5. The number of carbonyl (C=O) groups excluding carboxylic acids is 1. The summed E-state index contributed by atoms with van der Waals surface area (Å²) in [5.74, 6) is -0.641. The van der Waals surface area contributed by atoms with Crippen molar-refractivity contribution in [3.05, 3.63) is 22.2 Å². The van der Waals surface area contributed by atoms with Crippen LogP contribution in [0.15, 0.2) is 17.0 Å². The molecule has 112 valence electrons. The predicted octanol–water partition coefficient (Wildman–Crippen LogP) is 0.356. The number of hydrogen-bond donors (Lipinski definition) is 3. The number of nitrogens with one attached hydrogen (secondary N) is 1. The first-order valence-electron chi connectivity index (χ1n) is 5.34. The Balaban J connectivity index is 2.73. The fourth-order valence-corrected chi connectivity index (χ4v) is 3.35. The summed E-state index contributed by atoms with van der Waals surface area (Å²) < 4.78 is 31.1. The lowest BCUT2D eigenvalue weighted by Gasteiger charge is -2.11. The first-order chi connectivity index (χ1) is 9.24. The fourth-order valence-electron chi connectivity index (χ4n) is 1.36. The SMILES string of the molecule is NC(=O)COCCNS(=O)(=O)c1c(N)cc(Cl)cc1Cl. The van der Waals surface area contributed by atoms with E-state index in [1.54, 1.807) is 0 Å². The monoisotopic (exact) mass is 341 g/mol. The highest BCUT2D eigenvalue weighted by Crippen LogP contribution is 2.30. The predicted molar refractivity (Wildman–Crippen MR) is 76.1 cm³/mol. The van der Waals surface area contributed by atoms with Gasteiger partial charge in [-0.25, -0.2) is 13.1 Å². The number of ether oxygens (including phenoxy) is 1. The molecule has 0 spiro atoms. The highest BCUT2D eigenvalue weighted by Gasteiger charge is 2.21. The summed E-state index contributed by atoms with van der Waals surface area (Å²) in [6, 6.07) is 2.56. The summed E-state index contributed by atoms with van der Waals surface area (Å²) in [4.78, 5) is 10.2. The molecule has 1 aromatic rings. The van der Waals surface area contributed by atoms with E-state index < -0.39 is 15.9 Å². The summed E-state index contributed by atoms with van der Waals surface area (Å²) in [5.41, 5.74) is 10.4. The van der Waals surface area contributed by atoms with Crippen LogP contribution in [-0.4, -0.2) is 34.1 Å². The van der Waals surface area contributed by atoms with Gasteiger partial charge in [-0.05, 0) is 12.1 Å². The van der Waals surface area contributed by atoms with Crippen LogP contribution in [0.5, 0.6) is 0 Å². The van der Waals surface area contributed by atoms with E-state index in [2.05, 4.69) is 4.72 Å². The van der Waals surface area contributed by atoms with E-state index in [9.17, 15) is 13.2 Å². The molecule has 7 nitrogen and oxygen atoms in total. The van der Waals surface area contributed by atoms with E-state index in [0.717, 1.165) is 0 Å². The maximum atomic E-state index is 12.0. The molecule has 0 aliphatic heterocycles. The minimum atomic E-state index is -3.90. The molecule has 0 saturated heterocycles. The standard InChI is InChI=1S/C10H13Cl2N3O4S/c11-6-3-7(12)10(8(13)4-6)20(17,18)15-1-2-19-5-9(14)16/h3-4,15H,1-2,5,13H2,(H2,14,16). The lowest BCUT2D eigenvalue weighted by Crippen LogP contribution is -2.29. The zero-order chi connectivity index (χ0) is 15.3. The molecule has 0 unspecified atom stereocenters. The third-order valence-electron chi connectivity index (χ3n) is 2.09. The van der Waals surface area contributed by atoms with Crippen LogP contribution in [-0.2, 0) is 19.6 Å². The number of primary amides is 1. The van der Waals surface area contributed by atoms with Crippen molar-refractivity contribution in [3.8, 4) is 0 Å². The molecule has 1 rings (SSSR count). The molecular formula is C10H13Cl2N3O4S. The Morgan fingerprint density at radius 2 is 2.00 bits per heavy atom. The zero-order valence-corrected chi connectivity index (χ0v) is 12.6. The van der Waals surface area contributed by atoms with Crippen molar-refractivity contribution in [2.45, 2.75) is 4.90 Å². The van der Waals surface area contributed by atoms with Gasteiger partial charge in [-0.2, -0.15) is 0 Å². The molecule has 0 saturated carbocycles.